The van der Waals surface area contributed by atoms with E-state index in [1.807, 2.05) is 0 Å². The van der Waals surface area contributed by atoms with E-state index in [0.717, 1.165) is 6.42 Å². The maximum absolute atomic E-state index is 11.4. The fourth-order valence-electron chi connectivity index (χ4n) is 2.53. The van der Waals surface area contributed by atoms with Crippen molar-refractivity contribution in [3.63, 3.8) is 0 Å². The zero-order valence-corrected chi connectivity index (χ0v) is 8.91. The first-order chi connectivity index (χ1) is 6.15. The molecule has 2 aliphatic rings. The lowest BCUT2D eigenvalue weighted by atomic mass is 9.98. The standard InChI is InChI=1S/C9H11BrO3/c1-13-9(12)8-4-3-7(11)5(8)2-6(4)10/h4-6,8H,2-3H2,1H3/t4-,5+,6+,8+/m1/s1. The molecule has 3 nitrogen and oxygen atoms in total. The molecule has 72 valence electrons. The molecule has 0 aromatic rings. The highest BCUT2D eigenvalue weighted by molar-refractivity contribution is 9.09. The number of ether oxygens (including phenoxy) is 1. The first kappa shape index (κ1) is 9.19. The first-order valence-corrected chi connectivity index (χ1v) is 5.31. The van der Waals surface area contributed by atoms with Crippen LogP contribution in [0.3, 0.4) is 0 Å². The molecule has 4 atom stereocenters. The van der Waals surface area contributed by atoms with Crippen LogP contribution in [0.5, 0.6) is 0 Å². The summed E-state index contributed by atoms with van der Waals surface area (Å²) in [5.41, 5.74) is 0. The lowest BCUT2D eigenvalue weighted by Crippen LogP contribution is -2.22. The predicted molar refractivity (Wildman–Crippen MR) is 49.4 cm³/mol. The van der Waals surface area contributed by atoms with Crippen LogP contribution in [-0.2, 0) is 14.3 Å². The Morgan fingerprint density at radius 1 is 1.62 bits per heavy atom. The van der Waals surface area contributed by atoms with Gasteiger partial charge in [-0.05, 0) is 12.3 Å². The highest BCUT2D eigenvalue weighted by Crippen LogP contribution is 2.50. The number of hydrogen-bond donors (Lipinski definition) is 0. The van der Waals surface area contributed by atoms with E-state index < -0.39 is 0 Å². The lowest BCUT2D eigenvalue weighted by Gasteiger charge is -2.13. The number of Topliss-reactive ketones (excluding diaryl/α,β-unsaturated/α-hetero) is 1. The van der Waals surface area contributed by atoms with Gasteiger partial charge < -0.3 is 4.74 Å². The molecule has 0 aromatic carbocycles. The number of halogens is 1. The Kier molecular flexibility index (Phi) is 2.18. The molecule has 0 N–H and O–H groups in total. The largest absolute Gasteiger partial charge is 0.469 e. The normalized spacial score (nSPS) is 42.5. The molecule has 0 amide bonds. The monoisotopic (exact) mass is 246 g/mol. The summed E-state index contributed by atoms with van der Waals surface area (Å²) in [5, 5.41) is 0. The zero-order chi connectivity index (χ0) is 9.59. The highest BCUT2D eigenvalue weighted by Gasteiger charge is 2.55. The Morgan fingerprint density at radius 2 is 2.31 bits per heavy atom. The van der Waals surface area contributed by atoms with Gasteiger partial charge in [0.15, 0.2) is 0 Å². The highest BCUT2D eigenvalue weighted by atomic mass is 79.9. The van der Waals surface area contributed by atoms with Crippen molar-refractivity contribution in [2.75, 3.05) is 7.11 Å². The number of rotatable bonds is 1. The Labute approximate surface area is 85.0 Å². The topological polar surface area (TPSA) is 43.4 Å². The summed E-state index contributed by atoms with van der Waals surface area (Å²) >= 11 is 3.50. The Morgan fingerprint density at radius 3 is 2.77 bits per heavy atom. The predicted octanol–water partition coefficient (Wildman–Crippen LogP) is 1.15. The van der Waals surface area contributed by atoms with Crippen LogP contribution in [0.25, 0.3) is 0 Å². The van der Waals surface area contributed by atoms with Crippen LogP contribution < -0.4 is 0 Å². The molecular weight excluding hydrogens is 236 g/mol. The van der Waals surface area contributed by atoms with Crippen LogP contribution >= 0.6 is 15.9 Å². The Hall–Kier alpha value is -0.380. The SMILES string of the molecule is COC(=O)[C@H]1[C@@H]2CC(=O)[C@@H]1C[C@@H]2Br. The molecule has 2 aliphatic carbocycles. The van der Waals surface area contributed by atoms with Gasteiger partial charge in [-0.1, -0.05) is 15.9 Å². The number of fused-ring (bicyclic) bond motifs is 2. The summed E-state index contributed by atoms with van der Waals surface area (Å²) in [6, 6.07) is 0. The maximum Gasteiger partial charge on any atom is 0.309 e. The van der Waals surface area contributed by atoms with Crippen molar-refractivity contribution in [2.24, 2.45) is 17.8 Å². The third kappa shape index (κ3) is 1.23. The molecule has 0 aliphatic heterocycles. The lowest BCUT2D eigenvalue weighted by molar-refractivity contribution is -0.147. The van der Waals surface area contributed by atoms with Gasteiger partial charge in [0.25, 0.3) is 0 Å². The van der Waals surface area contributed by atoms with Crippen molar-refractivity contribution >= 4 is 27.7 Å². The van der Waals surface area contributed by atoms with Crippen LogP contribution in [0.1, 0.15) is 12.8 Å². The smallest absolute Gasteiger partial charge is 0.309 e. The fraction of sp³-hybridized carbons (Fsp3) is 0.778. The number of ketones is 1. The van der Waals surface area contributed by atoms with Crippen LogP contribution in [0.2, 0.25) is 0 Å². The fourth-order valence-corrected chi connectivity index (χ4v) is 3.45. The van der Waals surface area contributed by atoms with Gasteiger partial charge in [0.1, 0.15) is 5.78 Å². The van der Waals surface area contributed by atoms with Crippen molar-refractivity contribution < 1.29 is 14.3 Å². The number of hydrogen-bond acceptors (Lipinski definition) is 3. The van der Waals surface area contributed by atoms with Crippen LogP contribution in [0, 0.1) is 17.8 Å². The number of carbonyl (C=O) groups is 2. The van der Waals surface area contributed by atoms with E-state index in [0.29, 0.717) is 11.2 Å². The van der Waals surface area contributed by atoms with Gasteiger partial charge in [-0.3, -0.25) is 9.59 Å². The molecular formula is C9H11BrO3. The average Bonchev–Trinajstić information content (AvgIpc) is 2.57. The second-order valence-electron chi connectivity index (χ2n) is 3.74. The van der Waals surface area contributed by atoms with E-state index in [9.17, 15) is 9.59 Å². The zero-order valence-electron chi connectivity index (χ0n) is 7.33. The number of methoxy groups -OCH3 is 1. The summed E-state index contributed by atoms with van der Waals surface area (Å²) in [7, 11) is 1.38. The van der Waals surface area contributed by atoms with Gasteiger partial charge in [0.2, 0.25) is 0 Å². The molecule has 13 heavy (non-hydrogen) atoms. The summed E-state index contributed by atoms with van der Waals surface area (Å²) < 4.78 is 4.70. The molecule has 4 heteroatoms. The number of alkyl halides is 1. The van der Waals surface area contributed by atoms with E-state index in [2.05, 4.69) is 15.9 Å². The molecule has 0 spiro atoms. The van der Waals surface area contributed by atoms with Crippen LogP contribution in [-0.4, -0.2) is 23.7 Å². The molecule has 0 unspecified atom stereocenters. The summed E-state index contributed by atoms with van der Waals surface area (Å²) in [6.07, 6.45) is 1.34. The van der Waals surface area contributed by atoms with Crippen molar-refractivity contribution in [2.45, 2.75) is 17.7 Å². The van der Waals surface area contributed by atoms with Gasteiger partial charge in [-0.25, -0.2) is 0 Å². The van der Waals surface area contributed by atoms with Gasteiger partial charge >= 0.3 is 5.97 Å². The molecule has 0 radical (unpaired) electrons. The van der Waals surface area contributed by atoms with Gasteiger partial charge in [-0.2, -0.15) is 0 Å². The summed E-state index contributed by atoms with van der Waals surface area (Å²) in [4.78, 5) is 23.1. The number of esters is 1. The summed E-state index contributed by atoms with van der Waals surface area (Å²) in [5.74, 6) is -0.0763. The molecule has 2 bridgehead atoms. The Balaban J connectivity index is 2.22. The minimum absolute atomic E-state index is 0.0816. The third-order valence-corrected chi connectivity index (χ3v) is 4.22. The van der Waals surface area contributed by atoms with Crippen molar-refractivity contribution in [3.05, 3.63) is 0 Å². The molecule has 2 fully saturated rings. The second kappa shape index (κ2) is 3.08. The van der Waals surface area contributed by atoms with E-state index >= 15 is 0 Å². The van der Waals surface area contributed by atoms with Crippen LogP contribution in [0.15, 0.2) is 0 Å². The van der Waals surface area contributed by atoms with Gasteiger partial charge in [0, 0.05) is 17.2 Å². The first-order valence-electron chi connectivity index (χ1n) is 4.39. The maximum atomic E-state index is 11.4. The molecule has 2 saturated carbocycles. The molecule has 0 saturated heterocycles. The quantitative estimate of drug-likeness (QED) is 0.515. The Bertz CT molecular complexity index is 264. The van der Waals surface area contributed by atoms with Crippen molar-refractivity contribution in [1.29, 1.82) is 0 Å². The van der Waals surface area contributed by atoms with Gasteiger partial charge in [-0.15, -0.1) is 0 Å². The van der Waals surface area contributed by atoms with Gasteiger partial charge in [0.05, 0.1) is 13.0 Å². The average molecular weight is 247 g/mol. The van der Waals surface area contributed by atoms with E-state index in [1.54, 1.807) is 0 Å². The second-order valence-corrected chi connectivity index (χ2v) is 4.92. The molecule has 0 aromatic heterocycles. The van der Waals surface area contributed by atoms with Crippen molar-refractivity contribution in [3.8, 4) is 0 Å². The van der Waals surface area contributed by atoms with E-state index in [1.165, 1.54) is 7.11 Å². The van der Waals surface area contributed by atoms with Crippen LogP contribution in [0.4, 0.5) is 0 Å². The summed E-state index contributed by atoms with van der Waals surface area (Å²) in [6.45, 7) is 0. The van der Waals surface area contributed by atoms with E-state index in [-0.39, 0.29) is 29.5 Å². The third-order valence-electron chi connectivity index (χ3n) is 3.16. The van der Waals surface area contributed by atoms with E-state index in [4.69, 9.17) is 4.74 Å². The number of carbonyl (C=O) groups excluding carboxylic acids is 2. The molecule has 2 rings (SSSR count). The molecule has 0 heterocycles. The minimum atomic E-state index is -0.220. The van der Waals surface area contributed by atoms with Crippen molar-refractivity contribution in [1.82, 2.24) is 0 Å². The minimum Gasteiger partial charge on any atom is -0.469 e.